The zero-order valence-corrected chi connectivity index (χ0v) is 14.4. The quantitative estimate of drug-likeness (QED) is 0.757. The summed E-state index contributed by atoms with van der Waals surface area (Å²) in [5.41, 5.74) is 0.988. The second-order valence-corrected chi connectivity index (χ2v) is 6.58. The Balaban J connectivity index is 1.45. The van der Waals surface area contributed by atoms with Gasteiger partial charge in [-0.3, -0.25) is 14.9 Å². The van der Waals surface area contributed by atoms with Crippen molar-refractivity contribution >= 4 is 40.6 Å². The van der Waals surface area contributed by atoms with Crippen molar-refractivity contribution < 1.29 is 9.59 Å². The van der Waals surface area contributed by atoms with Gasteiger partial charge >= 0.3 is 0 Å². The Morgan fingerprint density at radius 3 is 2.42 bits per heavy atom. The van der Waals surface area contributed by atoms with Crippen molar-refractivity contribution in [3.05, 3.63) is 35.8 Å². The second kappa shape index (κ2) is 7.04. The molecule has 2 aromatic heterocycles. The third-order valence-electron chi connectivity index (χ3n) is 3.95. The predicted octanol–water partition coefficient (Wildman–Crippen LogP) is 0.312. The number of hydrogen-bond donors (Lipinski definition) is 1. The smallest absolute Gasteiger partial charge is 0.290 e. The molecule has 0 spiro atoms. The molecule has 132 valence electrons. The topological polar surface area (TPSA) is 117 Å². The van der Waals surface area contributed by atoms with Crippen LogP contribution in [-0.2, 0) is 4.79 Å². The van der Waals surface area contributed by atoms with Gasteiger partial charge in [0.05, 0.1) is 23.0 Å². The highest BCUT2D eigenvalue weighted by atomic mass is 32.2. The molecule has 0 atom stereocenters. The Hall–Kier alpha value is -3.08. The molecule has 0 aromatic carbocycles. The number of nitrogens with zero attached hydrogens (tertiary/aromatic N) is 7. The first-order valence-electron chi connectivity index (χ1n) is 7.88. The van der Waals surface area contributed by atoms with Crippen molar-refractivity contribution in [3.8, 4) is 0 Å². The van der Waals surface area contributed by atoms with E-state index in [-0.39, 0.29) is 4.91 Å². The number of nitrogens with one attached hydrogen (secondary N) is 1. The highest BCUT2D eigenvalue weighted by Crippen LogP contribution is 2.25. The summed E-state index contributed by atoms with van der Waals surface area (Å²) in [7, 11) is 0. The number of amides is 2. The lowest BCUT2D eigenvalue weighted by atomic mass is 10.3. The van der Waals surface area contributed by atoms with Crippen LogP contribution in [0.5, 0.6) is 0 Å². The molecule has 2 aliphatic rings. The zero-order chi connectivity index (χ0) is 17.9. The standard InChI is InChI=1S/C15H14N8O2S/c24-13-11(26-15(25)21-13)5-12-18-9-19-14(20-12)23-3-1-22(2-4-23)10-6-16-8-17-7-10/h5-9H,1-4H2,(H,21,24,25). The van der Waals surface area contributed by atoms with E-state index in [0.717, 1.165) is 43.6 Å². The molecule has 0 radical (unpaired) electrons. The van der Waals surface area contributed by atoms with Crippen molar-refractivity contribution in [2.45, 2.75) is 0 Å². The van der Waals surface area contributed by atoms with Crippen molar-refractivity contribution in [3.63, 3.8) is 0 Å². The minimum atomic E-state index is -0.430. The zero-order valence-electron chi connectivity index (χ0n) is 13.6. The Labute approximate surface area is 152 Å². The van der Waals surface area contributed by atoms with Crippen LogP contribution in [-0.4, -0.2) is 62.2 Å². The number of piperazine rings is 1. The van der Waals surface area contributed by atoms with Gasteiger partial charge in [-0.2, -0.15) is 4.98 Å². The maximum atomic E-state index is 11.6. The van der Waals surface area contributed by atoms with Gasteiger partial charge in [0.15, 0.2) is 5.82 Å². The van der Waals surface area contributed by atoms with Gasteiger partial charge in [-0.25, -0.2) is 19.9 Å². The van der Waals surface area contributed by atoms with Gasteiger partial charge in [0.25, 0.3) is 11.1 Å². The summed E-state index contributed by atoms with van der Waals surface area (Å²) in [4.78, 5) is 48.2. The number of anilines is 2. The lowest BCUT2D eigenvalue weighted by Crippen LogP contribution is -2.47. The first-order chi connectivity index (χ1) is 12.7. The SMILES string of the molecule is O=C1NC(=O)C(=Cc2ncnc(N3CCN(c4cncnc4)CC3)n2)S1. The van der Waals surface area contributed by atoms with Crippen LogP contribution in [0.15, 0.2) is 30.0 Å². The van der Waals surface area contributed by atoms with E-state index in [1.807, 2.05) is 0 Å². The van der Waals surface area contributed by atoms with E-state index in [9.17, 15) is 9.59 Å². The summed E-state index contributed by atoms with van der Waals surface area (Å²) in [6, 6.07) is 0. The second-order valence-electron chi connectivity index (χ2n) is 5.57. The number of hydrogen-bond acceptors (Lipinski definition) is 10. The molecular weight excluding hydrogens is 356 g/mol. The van der Waals surface area contributed by atoms with Crippen LogP contribution in [0.25, 0.3) is 6.08 Å². The minimum absolute atomic E-state index is 0.279. The summed E-state index contributed by atoms with van der Waals surface area (Å²) in [6.07, 6.45) is 8.00. The van der Waals surface area contributed by atoms with Gasteiger partial charge in [-0.1, -0.05) is 0 Å². The van der Waals surface area contributed by atoms with Crippen molar-refractivity contribution in [2.24, 2.45) is 0 Å². The highest BCUT2D eigenvalue weighted by Gasteiger charge is 2.26. The minimum Gasteiger partial charge on any atom is -0.365 e. The van der Waals surface area contributed by atoms with E-state index in [2.05, 4.69) is 40.0 Å². The number of carbonyl (C=O) groups is 2. The first-order valence-corrected chi connectivity index (χ1v) is 8.69. The summed E-state index contributed by atoms with van der Waals surface area (Å²) >= 11 is 0.837. The Kier molecular flexibility index (Phi) is 4.44. The predicted molar refractivity (Wildman–Crippen MR) is 95.4 cm³/mol. The van der Waals surface area contributed by atoms with Gasteiger partial charge in [-0.05, 0) is 11.8 Å². The van der Waals surface area contributed by atoms with Crippen LogP contribution in [0.3, 0.4) is 0 Å². The van der Waals surface area contributed by atoms with Crippen LogP contribution in [0.1, 0.15) is 5.82 Å². The van der Waals surface area contributed by atoms with Crippen LogP contribution in [0, 0.1) is 0 Å². The van der Waals surface area contributed by atoms with Gasteiger partial charge < -0.3 is 9.80 Å². The van der Waals surface area contributed by atoms with E-state index < -0.39 is 11.1 Å². The fraction of sp³-hybridized carbons (Fsp3) is 0.267. The van der Waals surface area contributed by atoms with Crippen LogP contribution < -0.4 is 15.1 Å². The van der Waals surface area contributed by atoms with Crippen LogP contribution in [0.2, 0.25) is 0 Å². The molecule has 2 aromatic rings. The monoisotopic (exact) mass is 370 g/mol. The van der Waals surface area contributed by atoms with E-state index in [1.54, 1.807) is 12.4 Å². The Morgan fingerprint density at radius 1 is 1.00 bits per heavy atom. The molecule has 0 aliphatic carbocycles. The number of imide groups is 1. The first kappa shape index (κ1) is 16.4. The van der Waals surface area contributed by atoms with Gasteiger partial charge in [0.2, 0.25) is 5.95 Å². The molecular formula is C15H14N8O2S. The molecule has 4 heterocycles. The molecule has 10 nitrogen and oxygen atoms in total. The molecule has 0 saturated carbocycles. The van der Waals surface area contributed by atoms with Gasteiger partial charge in [0, 0.05) is 32.3 Å². The van der Waals surface area contributed by atoms with Gasteiger partial charge in [0.1, 0.15) is 12.7 Å². The lowest BCUT2D eigenvalue weighted by Gasteiger charge is -2.35. The number of aromatic nitrogens is 5. The molecule has 4 rings (SSSR count). The van der Waals surface area contributed by atoms with E-state index >= 15 is 0 Å². The Morgan fingerprint density at radius 2 is 1.73 bits per heavy atom. The number of carbonyl (C=O) groups excluding carboxylic acids is 2. The van der Waals surface area contributed by atoms with Crippen LogP contribution in [0.4, 0.5) is 16.4 Å². The normalized spacial score (nSPS) is 19.2. The lowest BCUT2D eigenvalue weighted by molar-refractivity contribution is -0.115. The summed E-state index contributed by atoms with van der Waals surface area (Å²) < 4.78 is 0. The fourth-order valence-electron chi connectivity index (χ4n) is 2.68. The van der Waals surface area contributed by atoms with Crippen molar-refractivity contribution in [1.29, 1.82) is 0 Å². The number of thioether (sulfide) groups is 1. The van der Waals surface area contributed by atoms with E-state index in [1.165, 1.54) is 18.7 Å². The molecule has 26 heavy (non-hydrogen) atoms. The summed E-state index contributed by atoms with van der Waals surface area (Å²) in [5.74, 6) is 0.465. The maximum Gasteiger partial charge on any atom is 0.290 e. The molecule has 11 heteroatoms. The third kappa shape index (κ3) is 3.47. The largest absolute Gasteiger partial charge is 0.365 e. The van der Waals surface area contributed by atoms with Crippen molar-refractivity contribution in [2.75, 3.05) is 36.0 Å². The van der Waals surface area contributed by atoms with E-state index in [4.69, 9.17) is 0 Å². The molecule has 0 bridgehead atoms. The molecule has 2 fully saturated rings. The third-order valence-corrected chi connectivity index (χ3v) is 4.77. The molecule has 2 aliphatic heterocycles. The fourth-order valence-corrected chi connectivity index (χ4v) is 3.33. The van der Waals surface area contributed by atoms with E-state index in [0.29, 0.717) is 11.8 Å². The summed E-state index contributed by atoms with van der Waals surface area (Å²) in [6.45, 7) is 3.07. The average Bonchev–Trinajstić information content (AvgIpc) is 3.00. The van der Waals surface area contributed by atoms with Crippen molar-refractivity contribution in [1.82, 2.24) is 30.2 Å². The Bertz CT molecular complexity index is 867. The van der Waals surface area contributed by atoms with Gasteiger partial charge in [-0.15, -0.1) is 0 Å². The highest BCUT2D eigenvalue weighted by molar-refractivity contribution is 8.18. The maximum absolute atomic E-state index is 11.6. The number of rotatable bonds is 3. The molecule has 2 saturated heterocycles. The summed E-state index contributed by atoms with van der Waals surface area (Å²) in [5, 5.41) is 1.81. The molecule has 0 unspecified atom stereocenters. The molecule has 2 amide bonds. The molecule has 1 N–H and O–H groups in total. The van der Waals surface area contributed by atoms with Crippen LogP contribution >= 0.6 is 11.8 Å². The average molecular weight is 370 g/mol.